The summed E-state index contributed by atoms with van der Waals surface area (Å²) in [7, 11) is 0. The Morgan fingerprint density at radius 2 is 0.704 bits per heavy atom. The fraction of sp³-hybridized carbons (Fsp3) is 0.909. The third-order valence-corrected chi connectivity index (χ3v) is 8.94. The summed E-state index contributed by atoms with van der Waals surface area (Å²) in [6.45, 7) is 0. The van der Waals surface area contributed by atoms with E-state index in [2.05, 4.69) is 0 Å². The molecule has 0 N–H and O–H groups in total. The number of carboxylic acid groups (broad SMARTS) is 2. The number of carbonyl (C=O) groups is 2. The zero-order valence-corrected chi connectivity index (χ0v) is 19.3. The van der Waals surface area contributed by atoms with E-state index in [1.54, 1.807) is 0 Å². The largest absolute Gasteiger partial charge is 2.00 e. The van der Waals surface area contributed by atoms with E-state index < -0.39 is 22.8 Å². The molecule has 8 fully saturated rings. The zero-order valence-electron chi connectivity index (χ0n) is 16.3. The van der Waals surface area contributed by atoms with Crippen molar-refractivity contribution in [3.8, 4) is 0 Å². The molecule has 8 aliphatic rings. The van der Waals surface area contributed by atoms with Crippen LogP contribution >= 0.6 is 0 Å². The first-order valence-corrected chi connectivity index (χ1v) is 10.8. The SMILES string of the molecule is O=C([O-])C12CC3CC(CC(C3)C1)C2.O=C([O-])C12CC3CC(CC(C3)C1)C2.[Zn+2]. The molecule has 8 rings (SSSR count). The van der Waals surface area contributed by atoms with Crippen LogP contribution in [0.1, 0.15) is 77.0 Å². The van der Waals surface area contributed by atoms with Crippen LogP contribution < -0.4 is 10.2 Å². The molecule has 0 amide bonds. The van der Waals surface area contributed by atoms with Crippen molar-refractivity contribution in [1.82, 2.24) is 0 Å². The molecule has 8 aliphatic carbocycles. The zero-order chi connectivity index (χ0) is 18.1. The van der Waals surface area contributed by atoms with Gasteiger partial charge in [-0.2, -0.15) is 0 Å². The van der Waals surface area contributed by atoms with E-state index in [0.29, 0.717) is 35.5 Å². The molecule has 144 valence electrons. The van der Waals surface area contributed by atoms with Crippen molar-refractivity contribution >= 4 is 11.9 Å². The molecule has 0 saturated heterocycles. The Labute approximate surface area is 174 Å². The minimum atomic E-state index is -0.758. The van der Waals surface area contributed by atoms with Gasteiger partial charge in [0.2, 0.25) is 0 Å². The topological polar surface area (TPSA) is 80.3 Å². The summed E-state index contributed by atoms with van der Waals surface area (Å²) in [5.41, 5.74) is -0.788. The Morgan fingerprint density at radius 1 is 0.519 bits per heavy atom. The van der Waals surface area contributed by atoms with Gasteiger partial charge in [0.15, 0.2) is 0 Å². The first kappa shape index (κ1) is 19.9. The summed E-state index contributed by atoms with van der Waals surface area (Å²) >= 11 is 0. The minimum Gasteiger partial charge on any atom is -0.550 e. The molecule has 0 aliphatic heterocycles. The van der Waals surface area contributed by atoms with Crippen LogP contribution in [0.25, 0.3) is 0 Å². The van der Waals surface area contributed by atoms with E-state index in [0.717, 1.165) is 38.5 Å². The van der Waals surface area contributed by atoms with Gasteiger partial charge >= 0.3 is 19.5 Å². The predicted molar refractivity (Wildman–Crippen MR) is 91.2 cm³/mol. The average molecular weight is 424 g/mol. The van der Waals surface area contributed by atoms with Gasteiger partial charge in [0.05, 0.1) is 0 Å². The Balaban J connectivity index is 0.000000129. The molecular weight excluding hydrogens is 394 g/mol. The van der Waals surface area contributed by atoms with Crippen molar-refractivity contribution in [2.24, 2.45) is 46.3 Å². The van der Waals surface area contributed by atoms with E-state index in [-0.39, 0.29) is 19.5 Å². The van der Waals surface area contributed by atoms with E-state index in [1.165, 1.54) is 38.5 Å². The van der Waals surface area contributed by atoms with Crippen LogP contribution in [0, 0.1) is 46.3 Å². The molecule has 8 saturated carbocycles. The quantitative estimate of drug-likeness (QED) is 0.635. The van der Waals surface area contributed by atoms with Crippen molar-refractivity contribution in [3.05, 3.63) is 0 Å². The van der Waals surface area contributed by atoms with Gasteiger partial charge in [-0.25, -0.2) is 0 Å². The predicted octanol–water partition coefficient (Wildman–Crippen LogP) is 1.90. The van der Waals surface area contributed by atoms with E-state index in [1.807, 2.05) is 0 Å². The Morgan fingerprint density at radius 3 is 0.852 bits per heavy atom. The molecule has 0 unspecified atom stereocenters. The van der Waals surface area contributed by atoms with Crippen LogP contribution in [0.15, 0.2) is 0 Å². The Bertz CT molecular complexity index is 503. The number of carboxylic acids is 2. The number of hydrogen-bond acceptors (Lipinski definition) is 4. The van der Waals surface area contributed by atoms with Gasteiger partial charge < -0.3 is 19.8 Å². The summed E-state index contributed by atoms with van der Waals surface area (Å²) in [5, 5.41) is 22.3. The number of rotatable bonds is 2. The summed E-state index contributed by atoms with van der Waals surface area (Å²) in [5.74, 6) is 2.76. The summed E-state index contributed by atoms with van der Waals surface area (Å²) < 4.78 is 0. The fourth-order valence-corrected chi connectivity index (χ4v) is 8.72. The standard InChI is InChI=1S/2C11H16O2.Zn/c2*12-10(13)11-4-7-1-8(5-11)3-9(2-7)6-11;/h2*7-9H,1-6H2,(H,12,13);/q;;+2/p-2. The molecule has 0 aromatic rings. The van der Waals surface area contributed by atoms with Gasteiger partial charge in [0.25, 0.3) is 0 Å². The average Bonchev–Trinajstić information content (AvgIpc) is 2.52. The van der Waals surface area contributed by atoms with Crippen LogP contribution in [-0.2, 0) is 29.1 Å². The number of carbonyl (C=O) groups excluding carboxylic acids is 2. The van der Waals surface area contributed by atoms with E-state index in [9.17, 15) is 19.8 Å². The second kappa shape index (κ2) is 6.82. The minimum absolute atomic E-state index is 0. The summed E-state index contributed by atoms with van der Waals surface area (Å²) in [6.07, 6.45) is 13.3. The van der Waals surface area contributed by atoms with E-state index in [4.69, 9.17) is 0 Å². The third kappa shape index (κ3) is 3.30. The molecule has 5 heteroatoms. The van der Waals surface area contributed by atoms with E-state index >= 15 is 0 Å². The number of aliphatic carboxylic acids is 2. The van der Waals surface area contributed by atoms with Gasteiger partial charge in [-0.15, -0.1) is 0 Å². The monoisotopic (exact) mass is 422 g/mol. The van der Waals surface area contributed by atoms with Gasteiger partial charge in [0, 0.05) is 22.8 Å². The number of hydrogen-bond donors (Lipinski definition) is 0. The fourth-order valence-electron chi connectivity index (χ4n) is 8.72. The van der Waals surface area contributed by atoms with Crippen LogP contribution in [0.3, 0.4) is 0 Å². The summed E-state index contributed by atoms with van der Waals surface area (Å²) in [4.78, 5) is 22.3. The Kier molecular flexibility index (Phi) is 5.02. The van der Waals surface area contributed by atoms with Gasteiger partial charge in [0.1, 0.15) is 0 Å². The normalized spacial score (nSPS) is 50.5. The maximum atomic E-state index is 11.1. The molecule has 0 aromatic heterocycles. The molecule has 27 heavy (non-hydrogen) atoms. The molecule has 0 heterocycles. The van der Waals surface area contributed by atoms with Gasteiger partial charge in [-0.1, -0.05) is 0 Å². The second-order valence-corrected chi connectivity index (χ2v) is 11.0. The van der Waals surface area contributed by atoms with Gasteiger partial charge in [-0.3, -0.25) is 0 Å². The van der Waals surface area contributed by atoms with Crippen molar-refractivity contribution < 1.29 is 39.3 Å². The van der Waals surface area contributed by atoms with Crippen molar-refractivity contribution in [2.45, 2.75) is 77.0 Å². The van der Waals surface area contributed by atoms with Gasteiger partial charge in [-0.05, 0) is 113 Å². The van der Waals surface area contributed by atoms with Crippen LogP contribution in [0.5, 0.6) is 0 Å². The molecular formula is C22H30O4Zn. The van der Waals surface area contributed by atoms with Crippen LogP contribution in [0.2, 0.25) is 0 Å². The first-order valence-electron chi connectivity index (χ1n) is 10.8. The Hall–Kier alpha value is -0.437. The van der Waals surface area contributed by atoms with Crippen molar-refractivity contribution in [1.29, 1.82) is 0 Å². The third-order valence-electron chi connectivity index (χ3n) is 8.94. The smallest absolute Gasteiger partial charge is 0.550 e. The molecule has 0 aromatic carbocycles. The molecule has 0 atom stereocenters. The first-order chi connectivity index (χ1) is 12.4. The second-order valence-electron chi connectivity index (χ2n) is 11.0. The molecule has 0 spiro atoms. The molecule has 8 bridgehead atoms. The molecule has 0 radical (unpaired) electrons. The van der Waals surface area contributed by atoms with Crippen molar-refractivity contribution in [3.63, 3.8) is 0 Å². The van der Waals surface area contributed by atoms with Crippen LogP contribution in [0.4, 0.5) is 0 Å². The maximum absolute atomic E-state index is 11.1. The molecule has 4 nitrogen and oxygen atoms in total. The summed E-state index contributed by atoms with van der Waals surface area (Å²) in [6, 6.07) is 0. The van der Waals surface area contributed by atoms with Crippen LogP contribution in [-0.4, -0.2) is 11.9 Å². The maximum Gasteiger partial charge on any atom is 2.00 e. The van der Waals surface area contributed by atoms with Crippen molar-refractivity contribution in [2.75, 3.05) is 0 Å².